The molecular formula is C21H16Cl2F3N7O4. The molecule has 1 N–H and O–H groups in total. The van der Waals surface area contributed by atoms with Crippen LogP contribution in [0.3, 0.4) is 0 Å². The second-order valence-corrected chi connectivity index (χ2v) is 8.36. The number of benzene rings is 1. The van der Waals surface area contributed by atoms with Crippen LogP contribution in [0, 0.1) is 0 Å². The molecule has 0 aliphatic rings. The Bertz CT molecular complexity index is 1500. The summed E-state index contributed by atoms with van der Waals surface area (Å²) in [5.41, 5.74) is -0.523. The number of halogens is 5. The standard InChI is InChI=1S/C21H16Cl2F3N7O4/c1-37-19(35)18-28-16(29-33(18)14-8-27-7-6-13(14)23)10-32-20(36)31(9-15(34)21(24,25)26)17(30-32)11-2-4-12(22)5-3-11/h2-8,15,34H,9-10H2,1H3/t15-/m1/s1. The molecule has 0 unspecified atom stereocenters. The fraction of sp³-hybridized carbons (Fsp3) is 0.238. The van der Waals surface area contributed by atoms with E-state index in [0.717, 1.165) is 16.5 Å². The Morgan fingerprint density at radius 1 is 1.16 bits per heavy atom. The SMILES string of the molecule is COC(=O)c1nc(Cn2nc(-c3ccc(Cl)cc3)n(C[C@@H](O)C(F)(F)F)c2=O)nn1-c1cnccc1Cl. The van der Waals surface area contributed by atoms with Crippen LogP contribution in [0.4, 0.5) is 13.2 Å². The molecule has 3 aromatic heterocycles. The molecule has 11 nitrogen and oxygen atoms in total. The van der Waals surface area contributed by atoms with Crippen LogP contribution in [0.2, 0.25) is 10.0 Å². The third-order valence-corrected chi connectivity index (χ3v) is 5.62. The highest BCUT2D eigenvalue weighted by molar-refractivity contribution is 6.32. The van der Waals surface area contributed by atoms with E-state index in [0.29, 0.717) is 9.59 Å². The van der Waals surface area contributed by atoms with E-state index in [-0.39, 0.29) is 33.7 Å². The van der Waals surface area contributed by atoms with E-state index in [4.69, 9.17) is 27.9 Å². The highest BCUT2D eigenvalue weighted by Crippen LogP contribution is 2.24. The van der Waals surface area contributed by atoms with E-state index in [9.17, 15) is 27.9 Å². The number of hydrogen-bond donors (Lipinski definition) is 1. The Kier molecular flexibility index (Phi) is 7.34. The zero-order valence-electron chi connectivity index (χ0n) is 18.7. The Morgan fingerprint density at radius 3 is 2.49 bits per heavy atom. The lowest BCUT2D eigenvalue weighted by molar-refractivity contribution is -0.207. The summed E-state index contributed by atoms with van der Waals surface area (Å²) in [6.45, 7) is -1.55. The number of carbonyl (C=O) groups is 1. The molecule has 0 saturated heterocycles. The molecular weight excluding hydrogens is 542 g/mol. The van der Waals surface area contributed by atoms with Crippen LogP contribution >= 0.6 is 23.2 Å². The van der Waals surface area contributed by atoms with E-state index >= 15 is 0 Å². The Hall–Kier alpha value is -3.75. The molecule has 0 radical (unpaired) electrons. The van der Waals surface area contributed by atoms with E-state index in [1.54, 1.807) is 0 Å². The molecule has 4 rings (SSSR count). The lowest BCUT2D eigenvalue weighted by Gasteiger charge is -2.15. The Morgan fingerprint density at radius 2 is 1.86 bits per heavy atom. The maximum Gasteiger partial charge on any atom is 0.416 e. The highest BCUT2D eigenvalue weighted by Gasteiger charge is 2.39. The first kappa shape index (κ1) is 26.3. The summed E-state index contributed by atoms with van der Waals surface area (Å²) in [6.07, 6.45) is -5.06. The number of alkyl halides is 3. The van der Waals surface area contributed by atoms with Crippen LogP contribution in [0.15, 0.2) is 47.5 Å². The van der Waals surface area contributed by atoms with Gasteiger partial charge in [-0.25, -0.2) is 23.9 Å². The number of rotatable bonds is 7. The summed E-state index contributed by atoms with van der Waals surface area (Å²) >= 11 is 12.1. The minimum atomic E-state index is -4.97. The molecule has 1 atom stereocenters. The zero-order chi connectivity index (χ0) is 26.9. The molecule has 1 aromatic carbocycles. The van der Waals surface area contributed by atoms with Crippen molar-refractivity contribution in [3.63, 3.8) is 0 Å². The monoisotopic (exact) mass is 557 g/mol. The van der Waals surface area contributed by atoms with E-state index in [1.807, 2.05) is 0 Å². The fourth-order valence-corrected chi connectivity index (χ4v) is 3.58. The molecule has 4 aromatic rings. The number of nitrogens with zero attached hydrogens (tertiary/aromatic N) is 7. The summed E-state index contributed by atoms with van der Waals surface area (Å²) < 4.78 is 46.5. The van der Waals surface area contributed by atoms with Crippen molar-refractivity contribution in [2.75, 3.05) is 7.11 Å². The van der Waals surface area contributed by atoms with Gasteiger partial charge in [-0.2, -0.15) is 13.2 Å². The van der Waals surface area contributed by atoms with Crippen molar-refractivity contribution in [1.82, 2.24) is 34.1 Å². The smallest absolute Gasteiger partial charge is 0.416 e. The van der Waals surface area contributed by atoms with E-state index in [1.165, 1.54) is 42.7 Å². The predicted molar refractivity (Wildman–Crippen MR) is 124 cm³/mol. The van der Waals surface area contributed by atoms with E-state index < -0.39 is 37.0 Å². The minimum Gasteiger partial charge on any atom is -0.463 e. The third-order valence-electron chi connectivity index (χ3n) is 5.05. The van der Waals surface area contributed by atoms with Crippen molar-refractivity contribution in [2.45, 2.75) is 25.4 Å². The number of aliphatic hydroxyl groups is 1. The maximum absolute atomic E-state index is 13.1. The molecule has 0 aliphatic heterocycles. The number of esters is 1. The van der Waals surface area contributed by atoms with Gasteiger partial charge in [0.2, 0.25) is 5.82 Å². The average Bonchev–Trinajstić information content (AvgIpc) is 3.40. The molecule has 3 heterocycles. The minimum absolute atomic E-state index is 0.105. The van der Waals surface area contributed by atoms with Crippen LogP contribution in [-0.4, -0.2) is 64.6 Å². The first-order chi connectivity index (χ1) is 17.5. The van der Waals surface area contributed by atoms with Gasteiger partial charge in [-0.05, 0) is 30.3 Å². The van der Waals surface area contributed by atoms with E-state index in [2.05, 4.69) is 20.2 Å². The van der Waals surface area contributed by atoms with Crippen molar-refractivity contribution in [3.8, 4) is 17.1 Å². The van der Waals surface area contributed by atoms with Gasteiger partial charge in [0.1, 0.15) is 12.2 Å². The molecule has 0 fully saturated rings. The van der Waals surface area contributed by atoms with Gasteiger partial charge in [-0.3, -0.25) is 9.55 Å². The lowest BCUT2D eigenvalue weighted by atomic mass is 10.2. The van der Waals surface area contributed by atoms with Crippen molar-refractivity contribution in [2.24, 2.45) is 0 Å². The first-order valence-corrected chi connectivity index (χ1v) is 11.1. The Labute approximate surface area is 215 Å². The molecule has 0 aliphatic carbocycles. The van der Waals surface area contributed by atoms with Crippen molar-refractivity contribution in [3.05, 3.63) is 74.9 Å². The van der Waals surface area contributed by atoms with Gasteiger partial charge in [0.05, 0.1) is 24.9 Å². The molecule has 37 heavy (non-hydrogen) atoms. The van der Waals surface area contributed by atoms with Crippen molar-refractivity contribution >= 4 is 29.2 Å². The molecule has 194 valence electrons. The normalized spacial score (nSPS) is 12.5. The lowest BCUT2D eigenvalue weighted by Crippen LogP contribution is -2.37. The zero-order valence-corrected chi connectivity index (χ0v) is 20.2. The van der Waals surface area contributed by atoms with Gasteiger partial charge >= 0.3 is 17.8 Å². The highest BCUT2D eigenvalue weighted by atomic mass is 35.5. The number of ether oxygens (including phenoxy) is 1. The van der Waals surface area contributed by atoms with Crippen molar-refractivity contribution in [1.29, 1.82) is 0 Å². The van der Waals surface area contributed by atoms with Gasteiger partial charge in [0.25, 0.3) is 0 Å². The predicted octanol–water partition coefficient (Wildman–Crippen LogP) is 2.75. The third kappa shape index (κ3) is 5.50. The van der Waals surface area contributed by atoms with Crippen LogP contribution in [0.1, 0.15) is 16.4 Å². The van der Waals surface area contributed by atoms with Gasteiger partial charge in [-0.1, -0.05) is 23.2 Å². The summed E-state index contributed by atoms with van der Waals surface area (Å²) in [5.74, 6) is -1.42. The van der Waals surface area contributed by atoms with Gasteiger partial charge < -0.3 is 9.84 Å². The fourth-order valence-electron chi connectivity index (χ4n) is 3.27. The van der Waals surface area contributed by atoms with Gasteiger partial charge in [0, 0.05) is 16.8 Å². The maximum atomic E-state index is 13.1. The quantitative estimate of drug-likeness (QED) is 0.343. The second kappa shape index (κ2) is 10.3. The summed E-state index contributed by atoms with van der Waals surface area (Å²) in [7, 11) is 1.13. The average molecular weight is 558 g/mol. The first-order valence-electron chi connectivity index (χ1n) is 10.3. The molecule has 0 bridgehead atoms. The second-order valence-electron chi connectivity index (χ2n) is 7.52. The van der Waals surface area contributed by atoms with Crippen molar-refractivity contribution < 1.29 is 27.8 Å². The van der Waals surface area contributed by atoms with Crippen LogP contribution < -0.4 is 5.69 Å². The Balaban J connectivity index is 1.79. The summed E-state index contributed by atoms with van der Waals surface area (Å²) in [5, 5.41) is 18.5. The number of methoxy groups -OCH3 is 1. The number of carbonyl (C=O) groups excluding carboxylic acids is 1. The molecule has 0 saturated carbocycles. The number of aromatic nitrogens is 7. The van der Waals surface area contributed by atoms with Gasteiger partial charge in [-0.15, -0.1) is 10.2 Å². The number of aliphatic hydroxyl groups excluding tert-OH is 1. The largest absolute Gasteiger partial charge is 0.463 e. The molecule has 0 spiro atoms. The van der Waals surface area contributed by atoms with Crippen LogP contribution in [-0.2, 0) is 17.8 Å². The van der Waals surface area contributed by atoms with Gasteiger partial charge in [0.15, 0.2) is 17.8 Å². The topological polar surface area (TPSA) is 130 Å². The summed E-state index contributed by atoms with van der Waals surface area (Å²) in [4.78, 5) is 33.4. The van der Waals surface area contributed by atoms with Crippen LogP contribution in [0.5, 0.6) is 0 Å². The number of pyridine rings is 1. The van der Waals surface area contributed by atoms with Crippen LogP contribution in [0.25, 0.3) is 17.1 Å². The summed E-state index contributed by atoms with van der Waals surface area (Å²) in [6, 6.07) is 7.30. The molecule has 16 heteroatoms. The molecule has 0 amide bonds. The number of hydrogen-bond acceptors (Lipinski definition) is 8.